The minimum absolute atomic E-state index is 0.0537. The predicted octanol–water partition coefficient (Wildman–Crippen LogP) is 2.31. The summed E-state index contributed by atoms with van der Waals surface area (Å²) in [5.74, 6) is -0.217. The van der Waals surface area contributed by atoms with E-state index in [0.717, 1.165) is 5.56 Å². The lowest BCUT2D eigenvalue weighted by Gasteiger charge is -2.32. The molecule has 0 saturated carbocycles. The predicted molar refractivity (Wildman–Crippen MR) is 97.8 cm³/mol. The molecule has 0 radical (unpaired) electrons. The normalized spacial score (nSPS) is 21.6. The number of fused-ring (bicyclic) bond motifs is 1. The van der Waals surface area contributed by atoms with E-state index in [-0.39, 0.29) is 23.9 Å². The van der Waals surface area contributed by atoms with Crippen LogP contribution in [0.15, 0.2) is 18.2 Å². The molecule has 26 heavy (non-hydrogen) atoms. The number of hydrogen-bond acceptors (Lipinski definition) is 3. The van der Waals surface area contributed by atoms with Crippen LogP contribution >= 0.6 is 0 Å². The summed E-state index contributed by atoms with van der Waals surface area (Å²) in [5.41, 5.74) is 1.53. The summed E-state index contributed by atoms with van der Waals surface area (Å²) >= 11 is 0. The lowest BCUT2D eigenvalue weighted by atomic mass is 10.1. The quantitative estimate of drug-likeness (QED) is 0.838. The first-order chi connectivity index (χ1) is 12.3. The number of rotatable bonds is 4. The topological polar surface area (TPSA) is 78.5 Å². The number of urea groups is 1. The summed E-state index contributed by atoms with van der Waals surface area (Å²) in [6.07, 6.45) is 2.50. The fourth-order valence-electron chi connectivity index (χ4n) is 3.70. The molecule has 6 nitrogen and oxygen atoms in total. The van der Waals surface area contributed by atoms with E-state index < -0.39 is 15.3 Å². The number of nitrogens with zero attached hydrogens (tertiary/aromatic N) is 1. The molecule has 1 aromatic carbocycles. The molecule has 3 rings (SSSR count). The largest absolute Gasteiger partial charge is 0.335 e. The Labute approximate surface area is 154 Å². The van der Waals surface area contributed by atoms with Crippen molar-refractivity contribution in [2.75, 3.05) is 13.1 Å². The first kappa shape index (κ1) is 19.1. The van der Waals surface area contributed by atoms with Gasteiger partial charge >= 0.3 is 6.03 Å². The van der Waals surface area contributed by atoms with Crippen LogP contribution in [0, 0.1) is 5.82 Å². The van der Waals surface area contributed by atoms with Gasteiger partial charge in [0.1, 0.15) is 5.82 Å². The third-order valence-corrected chi connectivity index (χ3v) is 7.54. The van der Waals surface area contributed by atoms with Gasteiger partial charge in [-0.25, -0.2) is 21.9 Å². The van der Waals surface area contributed by atoms with Gasteiger partial charge in [-0.3, -0.25) is 0 Å². The van der Waals surface area contributed by atoms with Gasteiger partial charge in [-0.15, -0.1) is 0 Å². The number of halogens is 1. The van der Waals surface area contributed by atoms with E-state index in [1.807, 2.05) is 6.07 Å². The number of nitrogens with one attached hydrogen (secondary N) is 2. The number of hydrogen-bond donors (Lipinski definition) is 2. The van der Waals surface area contributed by atoms with E-state index in [9.17, 15) is 17.6 Å². The zero-order chi connectivity index (χ0) is 18.9. The highest BCUT2D eigenvalue weighted by molar-refractivity contribution is 7.89. The second kappa shape index (κ2) is 7.52. The first-order valence-electron chi connectivity index (χ1n) is 9.12. The van der Waals surface area contributed by atoms with Gasteiger partial charge in [0.2, 0.25) is 10.0 Å². The molecule has 0 spiro atoms. The van der Waals surface area contributed by atoms with Crippen LogP contribution < -0.4 is 10.6 Å². The van der Waals surface area contributed by atoms with E-state index >= 15 is 0 Å². The fourth-order valence-corrected chi connectivity index (χ4v) is 5.01. The van der Waals surface area contributed by atoms with Gasteiger partial charge in [-0.2, -0.15) is 0 Å². The molecule has 0 bridgehead atoms. The van der Waals surface area contributed by atoms with Gasteiger partial charge < -0.3 is 10.6 Å². The summed E-state index contributed by atoms with van der Waals surface area (Å²) in [5, 5.41) is 5.42. The Morgan fingerprint density at radius 1 is 1.19 bits per heavy atom. The number of piperidine rings is 1. The van der Waals surface area contributed by atoms with Crippen LogP contribution in [0.4, 0.5) is 9.18 Å². The minimum atomic E-state index is -3.24. The molecule has 0 aromatic heterocycles. The lowest BCUT2D eigenvalue weighted by Crippen LogP contribution is -2.50. The van der Waals surface area contributed by atoms with Gasteiger partial charge in [0, 0.05) is 19.1 Å². The third-order valence-electron chi connectivity index (χ3n) is 5.26. The fraction of sp³-hybridized carbons (Fsp3) is 0.611. The minimum Gasteiger partial charge on any atom is -0.335 e. The van der Waals surface area contributed by atoms with Gasteiger partial charge in [0.25, 0.3) is 0 Å². The second-order valence-electron chi connectivity index (χ2n) is 7.28. The molecule has 1 fully saturated rings. The highest BCUT2D eigenvalue weighted by Gasteiger charge is 2.31. The zero-order valence-electron chi connectivity index (χ0n) is 15.2. The van der Waals surface area contributed by atoms with E-state index in [0.29, 0.717) is 44.3 Å². The second-order valence-corrected chi connectivity index (χ2v) is 9.77. The maximum Gasteiger partial charge on any atom is 0.315 e. The molecule has 1 unspecified atom stereocenters. The van der Waals surface area contributed by atoms with E-state index in [4.69, 9.17) is 0 Å². The molecule has 1 heterocycles. The zero-order valence-corrected chi connectivity index (χ0v) is 16.0. The molecule has 1 aliphatic heterocycles. The molecular formula is C18H26FN3O3S. The van der Waals surface area contributed by atoms with Crippen molar-refractivity contribution in [1.82, 2.24) is 14.9 Å². The molecule has 1 aliphatic carbocycles. The Bertz CT molecular complexity index is 774. The van der Waals surface area contributed by atoms with Gasteiger partial charge in [-0.05, 0) is 56.7 Å². The highest BCUT2D eigenvalue weighted by Crippen LogP contribution is 2.32. The van der Waals surface area contributed by atoms with Crippen LogP contribution in [0.25, 0.3) is 0 Å². The monoisotopic (exact) mass is 383 g/mol. The Hall–Kier alpha value is -1.67. The molecule has 1 aromatic rings. The van der Waals surface area contributed by atoms with Gasteiger partial charge in [0.15, 0.2) is 0 Å². The summed E-state index contributed by atoms with van der Waals surface area (Å²) in [6.45, 7) is 4.19. The van der Waals surface area contributed by atoms with E-state index in [1.165, 1.54) is 10.4 Å². The van der Waals surface area contributed by atoms with Crippen LogP contribution in [0.3, 0.4) is 0 Å². The van der Waals surface area contributed by atoms with Crippen LogP contribution in [0.2, 0.25) is 0 Å². The van der Waals surface area contributed by atoms with Crippen molar-refractivity contribution in [3.8, 4) is 0 Å². The molecule has 8 heteroatoms. The number of amides is 2. The number of benzene rings is 1. The number of carbonyl (C=O) groups is 1. The SMILES string of the molecule is CC(C)S(=O)(=O)N1CCC(NC(=O)NC2CCc3c(F)cccc32)CC1. The van der Waals surface area contributed by atoms with E-state index in [1.54, 1.807) is 19.9 Å². The number of sulfonamides is 1. The molecule has 2 N–H and O–H groups in total. The van der Waals surface area contributed by atoms with Crippen molar-refractivity contribution in [2.45, 2.75) is 56.9 Å². The third kappa shape index (κ3) is 3.86. The molecule has 144 valence electrons. The Morgan fingerprint density at radius 3 is 2.54 bits per heavy atom. The molecule has 2 amide bonds. The lowest BCUT2D eigenvalue weighted by molar-refractivity contribution is 0.224. The van der Waals surface area contributed by atoms with Crippen molar-refractivity contribution in [3.05, 3.63) is 35.1 Å². The van der Waals surface area contributed by atoms with Gasteiger partial charge in [-0.1, -0.05) is 12.1 Å². The van der Waals surface area contributed by atoms with Crippen molar-refractivity contribution < 1.29 is 17.6 Å². The van der Waals surface area contributed by atoms with Crippen molar-refractivity contribution in [2.24, 2.45) is 0 Å². The Morgan fingerprint density at radius 2 is 1.88 bits per heavy atom. The van der Waals surface area contributed by atoms with Crippen LogP contribution in [0.1, 0.15) is 50.3 Å². The molecular weight excluding hydrogens is 357 g/mol. The first-order valence-corrected chi connectivity index (χ1v) is 10.6. The van der Waals surface area contributed by atoms with Crippen molar-refractivity contribution >= 4 is 16.1 Å². The standard InChI is InChI=1S/C18H26FN3O3S/c1-12(2)26(24,25)22-10-8-13(9-11-22)20-18(23)21-17-7-6-14-15(17)4-3-5-16(14)19/h3-5,12-13,17H,6-11H2,1-2H3,(H2,20,21,23). The van der Waals surface area contributed by atoms with Crippen LogP contribution in [-0.2, 0) is 16.4 Å². The summed E-state index contributed by atoms with van der Waals surface area (Å²) in [4.78, 5) is 12.3. The van der Waals surface area contributed by atoms with Crippen molar-refractivity contribution in [3.63, 3.8) is 0 Å². The van der Waals surface area contributed by atoms with Crippen LogP contribution in [0.5, 0.6) is 0 Å². The average Bonchev–Trinajstić information content (AvgIpc) is 2.99. The average molecular weight is 383 g/mol. The smallest absolute Gasteiger partial charge is 0.315 e. The molecule has 1 atom stereocenters. The summed E-state index contributed by atoms with van der Waals surface area (Å²) in [6, 6.07) is 4.45. The highest BCUT2D eigenvalue weighted by atomic mass is 32.2. The van der Waals surface area contributed by atoms with E-state index in [2.05, 4.69) is 10.6 Å². The Balaban J connectivity index is 1.51. The molecule has 1 saturated heterocycles. The molecule has 2 aliphatic rings. The van der Waals surface area contributed by atoms with Crippen molar-refractivity contribution in [1.29, 1.82) is 0 Å². The maximum absolute atomic E-state index is 13.8. The Kier molecular flexibility index (Phi) is 5.53. The number of carbonyl (C=O) groups excluding carboxylic acids is 1. The summed E-state index contributed by atoms with van der Waals surface area (Å²) in [7, 11) is -3.24. The maximum atomic E-state index is 13.8. The van der Waals surface area contributed by atoms with Crippen LogP contribution in [-0.4, -0.2) is 43.1 Å². The van der Waals surface area contributed by atoms with Gasteiger partial charge in [0.05, 0.1) is 11.3 Å². The summed E-state index contributed by atoms with van der Waals surface area (Å²) < 4.78 is 39.7.